The van der Waals surface area contributed by atoms with E-state index in [1.54, 1.807) is 13.2 Å². The average molecular weight is 212 g/mol. The van der Waals surface area contributed by atoms with Crippen LogP contribution in [0.1, 0.15) is 0 Å². The van der Waals surface area contributed by atoms with Gasteiger partial charge in [-0.2, -0.15) is 0 Å². The van der Waals surface area contributed by atoms with Crippen molar-refractivity contribution in [2.45, 2.75) is 0 Å². The van der Waals surface area contributed by atoms with Crippen molar-refractivity contribution in [3.05, 3.63) is 24.4 Å². The van der Waals surface area contributed by atoms with Gasteiger partial charge in [0.2, 0.25) is 5.91 Å². The van der Waals surface area contributed by atoms with Crippen LogP contribution in [0.5, 0.6) is 0 Å². The summed E-state index contributed by atoms with van der Waals surface area (Å²) in [5, 5.41) is 5.49. The fourth-order valence-electron chi connectivity index (χ4n) is 0.759. The number of nitrogens with one attached hydrogen (secondary N) is 2. The van der Waals surface area contributed by atoms with Gasteiger partial charge in [-0.1, -0.05) is 6.08 Å². The predicted octanol–water partition coefficient (Wildman–Crippen LogP) is -0.393. The van der Waals surface area contributed by atoms with Crippen LogP contribution < -0.4 is 10.6 Å². The number of amides is 1. The van der Waals surface area contributed by atoms with Crippen LogP contribution in [0.15, 0.2) is 24.4 Å². The van der Waals surface area contributed by atoms with E-state index >= 15 is 0 Å². The zero-order valence-corrected chi connectivity index (χ0v) is 8.73. The van der Waals surface area contributed by atoms with Crippen LogP contribution in [0, 0.1) is 0 Å². The van der Waals surface area contributed by atoms with E-state index in [1.165, 1.54) is 18.4 Å². The fraction of sp³-hybridized carbons (Fsp3) is 0.400. The number of carbonyl (C=O) groups is 2. The Hall–Kier alpha value is -1.62. The fourth-order valence-corrected chi connectivity index (χ4v) is 0.759. The summed E-state index contributed by atoms with van der Waals surface area (Å²) in [5.74, 6) is -0.159. The van der Waals surface area contributed by atoms with Gasteiger partial charge < -0.3 is 15.4 Å². The summed E-state index contributed by atoms with van der Waals surface area (Å²) in [6, 6.07) is 0. The van der Waals surface area contributed by atoms with Crippen LogP contribution in [-0.4, -0.2) is 39.0 Å². The molecule has 5 nitrogen and oxygen atoms in total. The molecule has 0 aromatic carbocycles. The highest BCUT2D eigenvalue weighted by Gasteiger charge is 1.91. The molecular formula is C10H16N2O3. The number of aldehydes is 1. The number of allylic oxidation sites excluding steroid dienone is 1. The largest absolute Gasteiger partial charge is 0.389 e. The zero-order valence-electron chi connectivity index (χ0n) is 8.73. The van der Waals surface area contributed by atoms with E-state index in [9.17, 15) is 9.59 Å². The molecule has 0 aliphatic heterocycles. The molecule has 0 bridgehead atoms. The van der Waals surface area contributed by atoms with Crippen LogP contribution in [0.2, 0.25) is 0 Å². The van der Waals surface area contributed by atoms with E-state index in [1.807, 2.05) is 0 Å². The summed E-state index contributed by atoms with van der Waals surface area (Å²) in [5.41, 5.74) is 0. The first-order valence-corrected chi connectivity index (χ1v) is 4.58. The topological polar surface area (TPSA) is 67.4 Å². The second-order valence-corrected chi connectivity index (χ2v) is 2.60. The minimum Gasteiger partial charge on any atom is -0.389 e. The summed E-state index contributed by atoms with van der Waals surface area (Å²) < 4.78 is 4.74. The highest BCUT2D eigenvalue weighted by Crippen LogP contribution is 1.74. The van der Waals surface area contributed by atoms with E-state index in [-0.39, 0.29) is 5.91 Å². The third kappa shape index (κ3) is 10.3. The first-order chi connectivity index (χ1) is 7.31. The molecule has 0 unspecified atom stereocenters. The Kier molecular flexibility index (Phi) is 9.33. The number of carbonyl (C=O) groups excluding carboxylic acids is 2. The summed E-state index contributed by atoms with van der Waals surface area (Å²) in [4.78, 5) is 20.9. The van der Waals surface area contributed by atoms with Crippen LogP contribution in [-0.2, 0) is 14.3 Å². The van der Waals surface area contributed by atoms with Crippen molar-refractivity contribution in [3.63, 3.8) is 0 Å². The predicted molar refractivity (Wildman–Crippen MR) is 57.2 cm³/mol. The number of hydrogen-bond donors (Lipinski definition) is 2. The highest BCUT2D eigenvalue weighted by molar-refractivity contribution is 5.87. The van der Waals surface area contributed by atoms with Crippen molar-refractivity contribution in [2.75, 3.05) is 26.8 Å². The Bertz CT molecular complexity index is 237. The SMILES string of the molecule is COC/C=C/C(=O)NCCN/C=C/C=O. The average Bonchev–Trinajstić information content (AvgIpc) is 2.23. The molecule has 0 aliphatic rings. The van der Waals surface area contributed by atoms with Gasteiger partial charge in [0.1, 0.15) is 6.29 Å². The number of ether oxygens (including phenoxy) is 1. The Morgan fingerprint density at radius 1 is 1.40 bits per heavy atom. The standard InChI is InChI=1S/C10H16N2O3/c1-15-9-2-4-10(14)12-7-6-11-5-3-8-13/h2-5,8,11H,6-7,9H2,1H3,(H,12,14)/b4-2+,5-3+. The third-order valence-corrected chi connectivity index (χ3v) is 1.39. The lowest BCUT2D eigenvalue weighted by Crippen LogP contribution is -2.28. The highest BCUT2D eigenvalue weighted by atomic mass is 16.5. The Morgan fingerprint density at radius 3 is 2.87 bits per heavy atom. The molecule has 0 aromatic heterocycles. The molecule has 5 heteroatoms. The van der Waals surface area contributed by atoms with Crippen molar-refractivity contribution in [3.8, 4) is 0 Å². The maximum Gasteiger partial charge on any atom is 0.243 e. The Labute approximate surface area is 89.2 Å². The van der Waals surface area contributed by atoms with E-state index in [2.05, 4.69) is 10.6 Å². The van der Waals surface area contributed by atoms with E-state index in [4.69, 9.17) is 4.74 Å². The van der Waals surface area contributed by atoms with Crippen LogP contribution in [0.4, 0.5) is 0 Å². The molecular weight excluding hydrogens is 196 g/mol. The van der Waals surface area contributed by atoms with Crippen LogP contribution in [0.25, 0.3) is 0 Å². The maximum absolute atomic E-state index is 11.1. The van der Waals surface area contributed by atoms with Crippen LogP contribution in [0.3, 0.4) is 0 Å². The van der Waals surface area contributed by atoms with E-state index < -0.39 is 0 Å². The van der Waals surface area contributed by atoms with E-state index in [0.29, 0.717) is 26.0 Å². The first kappa shape index (κ1) is 13.4. The van der Waals surface area contributed by atoms with Gasteiger partial charge in [0, 0.05) is 26.3 Å². The van der Waals surface area contributed by atoms with Gasteiger partial charge in [-0.15, -0.1) is 0 Å². The molecule has 0 radical (unpaired) electrons. The number of methoxy groups -OCH3 is 1. The molecule has 0 aromatic rings. The Balaban J connectivity index is 3.38. The molecule has 0 atom stereocenters. The van der Waals surface area contributed by atoms with Crippen molar-refractivity contribution in [1.82, 2.24) is 10.6 Å². The molecule has 84 valence electrons. The van der Waals surface area contributed by atoms with Gasteiger partial charge in [-0.25, -0.2) is 0 Å². The minimum absolute atomic E-state index is 0.159. The van der Waals surface area contributed by atoms with Gasteiger partial charge in [-0.3, -0.25) is 9.59 Å². The molecule has 0 rings (SSSR count). The van der Waals surface area contributed by atoms with Gasteiger partial charge in [0.15, 0.2) is 0 Å². The lowest BCUT2D eigenvalue weighted by atomic mass is 10.4. The molecule has 0 fully saturated rings. The molecule has 2 N–H and O–H groups in total. The van der Waals surface area contributed by atoms with Gasteiger partial charge in [0.25, 0.3) is 0 Å². The van der Waals surface area contributed by atoms with Crippen molar-refractivity contribution in [1.29, 1.82) is 0 Å². The maximum atomic E-state index is 11.1. The minimum atomic E-state index is -0.159. The second kappa shape index (κ2) is 10.5. The number of rotatable bonds is 8. The quantitative estimate of drug-likeness (QED) is 0.326. The first-order valence-electron chi connectivity index (χ1n) is 4.58. The Morgan fingerprint density at radius 2 is 2.20 bits per heavy atom. The normalized spacial score (nSPS) is 10.7. The summed E-state index contributed by atoms with van der Waals surface area (Å²) in [6.45, 7) is 1.50. The second-order valence-electron chi connectivity index (χ2n) is 2.60. The van der Waals surface area contributed by atoms with Crippen molar-refractivity contribution in [2.24, 2.45) is 0 Å². The summed E-state index contributed by atoms with van der Waals surface area (Å²) >= 11 is 0. The molecule has 1 amide bonds. The van der Waals surface area contributed by atoms with Gasteiger partial charge in [0.05, 0.1) is 6.61 Å². The molecule has 0 heterocycles. The summed E-state index contributed by atoms with van der Waals surface area (Å²) in [6.07, 6.45) is 6.61. The third-order valence-electron chi connectivity index (χ3n) is 1.39. The molecule has 15 heavy (non-hydrogen) atoms. The van der Waals surface area contributed by atoms with Gasteiger partial charge >= 0.3 is 0 Å². The van der Waals surface area contributed by atoms with Crippen molar-refractivity contribution < 1.29 is 14.3 Å². The monoisotopic (exact) mass is 212 g/mol. The lowest BCUT2D eigenvalue weighted by molar-refractivity contribution is -0.116. The smallest absolute Gasteiger partial charge is 0.243 e. The lowest BCUT2D eigenvalue weighted by Gasteiger charge is -2.01. The zero-order chi connectivity index (χ0) is 11.4. The van der Waals surface area contributed by atoms with Gasteiger partial charge in [-0.05, 0) is 12.3 Å². The molecule has 0 spiro atoms. The molecule has 0 saturated heterocycles. The van der Waals surface area contributed by atoms with Crippen molar-refractivity contribution >= 4 is 12.2 Å². The molecule has 0 aliphatic carbocycles. The number of hydrogen-bond acceptors (Lipinski definition) is 4. The van der Waals surface area contributed by atoms with Crippen LogP contribution >= 0.6 is 0 Å². The summed E-state index contributed by atoms with van der Waals surface area (Å²) in [7, 11) is 1.56. The van der Waals surface area contributed by atoms with E-state index in [0.717, 1.165) is 0 Å². The molecule has 0 saturated carbocycles.